The molecule has 0 aliphatic carbocycles. The lowest BCUT2D eigenvalue weighted by atomic mass is 10.1. The monoisotopic (exact) mass is 364 g/mol. The Bertz CT molecular complexity index is 936. The van der Waals surface area contributed by atoms with Crippen LogP contribution in [0.1, 0.15) is 11.1 Å². The summed E-state index contributed by atoms with van der Waals surface area (Å²) in [6, 6.07) is 13.1. The fourth-order valence-electron chi connectivity index (χ4n) is 2.65. The highest BCUT2D eigenvalue weighted by atomic mass is 16.5. The van der Waals surface area contributed by atoms with Crippen molar-refractivity contribution >= 4 is 17.7 Å². The lowest BCUT2D eigenvalue weighted by molar-refractivity contribution is -0.111. The molecule has 0 saturated heterocycles. The van der Waals surface area contributed by atoms with Gasteiger partial charge in [0.25, 0.3) is 0 Å². The maximum Gasteiger partial charge on any atom is 0.248 e. The molecular formula is C20H20N4O3. The highest BCUT2D eigenvalue weighted by molar-refractivity contribution is 6.02. The zero-order valence-corrected chi connectivity index (χ0v) is 15.1. The summed E-state index contributed by atoms with van der Waals surface area (Å²) in [4.78, 5) is 16.3. The average Bonchev–Trinajstić information content (AvgIpc) is 3.20. The number of carbonyl (C=O) groups is 1. The van der Waals surface area contributed by atoms with Crippen LogP contribution in [0.4, 0.5) is 5.69 Å². The van der Waals surface area contributed by atoms with E-state index >= 15 is 0 Å². The van der Waals surface area contributed by atoms with Gasteiger partial charge in [0, 0.05) is 17.3 Å². The van der Waals surface area contributed by atoms with Gasteiger partial charge in [0.2, 0.25) is 5.91 Å². The number of rotatable bonds is 7. The molecule has 0 unspecified atom stereocenters. The molecule has 0 saturated carbocycles. The number of hydrogen-bond acceptors (Lipinski definition) is 5. The number of hydrogen-bond donors (Lipinski definition) is 1. The van der Waals surface area contributed by atoms with E-state index in [-0.39, 0.29) is 5.91 Å². The molecule has 7 heteroatoms. The second-order valence-corrected chi connectivity index (χ2v) is 5.66. The number of nitrogens with zero attached hydrogens (tertiary/aromatic N) is 3. The van der Waals surface area contributed by atoms with E-state index in [1.165, 1.54) is 12.4 Å². The quantitative estimate of drug-likeness (QED) is 0.652. The number of amides is 1. The van der Waals surface area contributed by atoms with Crippen molar-refractivity contribution in [1.29, 1.82) is 0 Å². The summed E-state index contributed by atoms with van der Waals surface area (Å²) in [6.45, 7) is 0.518. The molecule has 0 spiro atoms. The first kappa shape index (κ1) is 18.2. The van der Waals surface area contributed by atoms with Crippen LogP contribution in [-0.2, 0) is 11.3 Å². The first-order valence-electron chi connectivity index (χ1n) is 8.31. The first-order valence-corrected chi connectivity index (χ1v) is 8.31. The third-order valence-electron chi connectivity index (χ3n) is 3.92. The molecule has 7 nitrogen and oxygen atoms in total. The van der Waals surface area contributed by atoms with Crippen molar-refractivity contribution in [3.05, 3.63) is 72.3 Å². The van der Waals surface area contributed by atoms with Crippen molar-refractivity contribution in [2.24, 2.45) is 0 Å². The summed E-state index contributed by atoms with van der Waals surface area (Å²) in [5, 5.41) is 7.00. The SMILES string of the molecule is COc1cccc(/C=C/C(=O)Nc2ccccc2Cn2cncn2)c1OC. The van der Waals surface area contributed by atoms with Crippen molar-refractivity contribution in [2.45, 2.75) is 6.54 Å². The maximum atomic E-state index is 12.4. The Balaban J connectivity index is 1.74. The normalized spacial score (nSPS) is 10.7. The third kappa shape index (κ3) is 4.52. The minimum absolute atomic E-state index is 0.245. The van der Waals surface area contributed by atoms with Crippen molar-refractivity contribution < 1.29 is 14.3 Å². The van der Waals surface area contributed by atoms with Gasteiger partial charge in [-0.2, -0.15) is 5.10 Å². The Morgan fingerprint density at radius 3 is 2.74 bits per heavy atom. The molecule has 3 aromatic rings. The van der Waals surface area contributed by atoms with Crippen molar-refractivity contribution in [2.75, 3.05) is 19.5 Å². The number of ether oxygens (including phenoxy) is 2. The van der Waals surface area contributed by atoms with Crippen LogP contribution < -0.4 is 14.8 Å². The Labute approximate surface area is 157 Å². The van der Waals surface area contributed by atoms with E-state index in [0.29, 0.717) is 18.0 Å². The third-order valence-corrected chi connectivity index (χ3v) is 3.92. The number of aromatic nitrogens is 3. The highest BCUT2D eigenvalue weighted by Gasteiger charge is 2.08. The van der Waals surface area contributed by atoms with Gasteiger partial charge < -0.3 is 14.8 Å². The van der Waals surface area contributed by atoms with Crippen molar-refractivity contribution in [1.82, 2.24) is 14.8 Å². The molecule has 0 bridgehead atoms. The summed E-state index contributed by atoms with van der Waals surface area (Å²) in [5.74, 6) is 0.944. The van der Waals surface area contributed by atoms with Crippen LogP contribution in [0.5, 0.6) is 11.5 Å². The van der Waals surface area contributed by atoms with Crippen LogP contribution in [-0.4, -0.2) is 34.9 Å². The van der Waals surface area contributed by atoms with Crippen LogP contribution >= 0.6 is 0 Å². The molecule has 0 aliphatic heterocycles. The second-order valence-electron chi connectivity index (χ2n) is 5.66. The molecule has 0 radical (unpaired) electrons. The van der Waals surface area contributed by atoms with Crippen LogP contribution in [0.2, 0.25) is 0 Å². The molecule has 1 N–H and O–H groups in total. The largest absolute Gasteiger partial charge is 0.493 e. The molecule has 0 atom stereocenters. The van der Waals surface area contributed by atoms with Crippen LogP contribution in [0.25, 0.3) is 6.08 Å². The van der Waals surface area contributed by atoms with E-state index in [2.05, 4.69) is 15.4 Å². The molecule has 3 rings (SSSR count). The minimum Gasteiger partial charge on any atom is -0.493 e. The molecule has 138 valence electrons. The van der Waals surface area contributed by atoms with Crippen LogP contribution in [0.3, 0.4) is 0 Å². The number of methoxy groups -OCH3 is 2. The average molecular weight is 364 g/mol. The zero-order chi connectivity index (χ0) is 19.1. The predicted molar refractivity (Wildman–Crippen MR) is 103 cm³/mol. The van der Waals surface area contributed by atoms with Gasteiger partial charge >= 0.3 is 0 Å². The van der Waals surface area contributed by atoms with E-state index in [0.717, 1.165) is 16.8 Å². The Kier molecular flexibility index (Phi) is 5.84. The second kappa shape index (κ2) is 8.66. The fourth-order valence-corrected chi connectivity index (χ4v) is 2.65. The van der Waals surface area contributed by atoms with E-state index in [4.69, 9.17) is 9.47 Å². The molecule has 1 amide bonds. The number of para-hydroxylation sites is 2. The van der Waals surface area contributed by atoms with Gasteiger partial charge in [-0.05, 0) is 23.8 Å². The van der Waals surface area contributed by atoms with Gasteiger partial charge in [0.05, 0.1) is 20.8 Å². The Morgan fingerprint density at radius 2 is 2.00 bits per heavy atom. The van der Waals surface area contributed by atoms with Crippen molar-refractivity contribution in [3.63, 3.8) is 0 Å². The first-order chi connectivity index (χ1) is 13.2. The predicted octanol–water partition coefficient (Wildman–Crippen LogP) is 3.00. The van der Waals surface area contributed by atoms with Gasteiger partial charge in [-0.1, -0.05) is 30.3 Å². The lowest BCUT2D eigenvalue weighted by Crippen LogP contribution is -2.11. The number of benzene rings is 2. The highest BCUT2D eigenvalue weighted by Crippen LogP contribution is 2.31. The zero-order valence-electron chi connectivity index (χ0n) is 15.1. The molecule has 0 aliphatic rings. The van der Waals surface area contributed by atoms with Gasteiger partial charge in [0.15, 0.2) is 11.5 Å². The summed E-state index contributed by atoms with van der Waals surface area (Å²) < 4.78 is 12.3. The summed E-state index contributed by atoms with van der Waals surface area (Å²) >= 11 is 0. The molecule has 27 heavy (non-hydrogen) atoms. The maximum absolute atomic E-state index is 12.4. The number of anilines is 1. The summed E-state index contributed by atoms with van der Waals surface area (Å²) in [5.41, 5.74) is 2.41. The molecular weight excluding hydrogens is 344 g/mol. The summed E-state index contributed by atoms with van der Waals surface area (Å²) in [6.07, 6.45) is 6.26. The molecule has 2 aromatic carbocycles. The Hall–Kier alpha value is -3.61. The summed E-state index contributed by atoms with van der Waals surface area (Å²) in [7, 11) is 3.14. The van der Waals surface area contributed by atoms with Crippen LogP contribution in [0, 0.1) is 0 Å². The van der Waals surface area contributed by atoms with E-state index in [1.807, 2.05) is 36.4 Å². The molecule has 1 aromatic heterocycles. The number of nitrogens with one attached hydrogen (secondary N) is 1. The lowest BCUT2D eigenvalue weighted by Gasteiger charge is -2.11. The van der Waals surface area contributed by atoms with Gasteiger partial charge in [0.1, 0.15) is 12.7 Å². The minimum atomic E-state index is -0.245. The van der Waals surface area contributed by atoms with Gasteiger partial charge in [-0.25, -0.2) is 9.67 Å². The molecule has 1 heterocycles. The van der Waals surface area contributed by atoms with E-state index in [1.54, 1.807) is 37.4 Å². The van der Waals surface area contributed by atoms with Gasteiger partial charge in [-0.15, -0.1) is 0 Å². The van der Waals surface area contributed by atoms with E-state index in [9.17, 15) is 4.79 Å². The molecule has 0 fully saturated rings. The Morgan fingerprint density at radius 1 is 1.15 bits per heavy atom. The standard InChI is InChI=1S/C20H20N4O3/c1-26-18-9-5-7-15(20(18)27-2)10-11-19(25)23-17-8-4-3-6-16(17)12-24-14-21-13-22-24/h3-11,13-14H,12H2,1-2H3,(H,23,25)/b11-10+. The smallest absolute Gasteiger partial charge is 0.248 e. The van der Waals surface area contributed by atoms with Crippen LogP contribution in [0.15, 0.2) is 61.2 Å². The van der Waals surface area contributed by atoms with Crippen molar-refractivity contribution in [3.8, 4) is 11.5 Å². The fraction of sp³-hybridized carbons (Fsp3) is 0.150. The van der Waals surface area contributed by atoms with Gasteiger partial charge in [-0.3, -0.25) is 4.79 Å². The topological polar surface area (TPSA) is 78.3 Å². The van der Waals surface area contributed by atoms with E-state index < -0.39 is 0 Å². The number of carbonyl (C=O) groups excluding carboxylic acids is 1.